The van der Waals surface area contributed by atoms with Crippen LogP contribution in [0.5, 0.6) is 0 Å². The number of nitrogens with one attached hydrogen (secondary N) is 1. The maximum atomic E-state index is 12.6. The summed E-state index contributed by atoms with van der Waals surface area (Å²) in [6.07, 6.45) is 7.94. The van der Waals surface area contributed by atoms with E-state index in [0.29, 0.717) is 18.8 Å². The Bertz CT molecular complexity index is 362. The summed E-state index contributed by atoms with van der Waals surface area (Å²) in [5, 5.41) is 15.2. The molecule has 2 aliphatic carbocycles. The molecule has 0 aliphatic heterocycles. The van der Waals surface area contributed by atoms with Crippen LogP contribution >= 0.6 is 0 Å². The molecule has 2 aliphatic rings. The van der Waals surface area contributed by atoms with Gasteiger partial charge in [-0.2, -0.15) is 0 Å². The molecule has 0 saturated heterocycles. The Balaban J connectivity index is 2.08. The predicted molar refractivity (Wildman–Crippen MR) is 73.9 cm³/mol. The molecule has 2 fully saturated rings. The zero-order valence-electron chi connectivity index (χ0n) is 11.7. The molecule has 2 atom stereocenters. The summed E-state index contributed by atoms with van der Waals surface area (Å²) in [5.74, 6) is 0.549. The lowest BCUT2D eigenvalue weighted by molar-refractivity contribution is -0.128. The zero-order valence-corrected chi connectivity index (χ0v) is 11.7. The number of nitrogens with zero attached hydrogens (tertiary/aromatic N) is 1. The second kappa shape index (κ2) is 5.80. The molecule has 0 aromatic carbocycles. The first-order chi connectivity index (χ1) is 9.10. The van der Waals surface area contributed by atoms with Crippen molar-refractivity contribution in [2.75, 3.05) is 0 Å². The van der Waals surface area contributed by atoms with E-state index in [1.165, 1.54) is 19.3 Å². The number of carbonyl (C=O) groups is 1. The number of hydrogen-bond acceptors (Lipinski definition) is 3. The van der Waals surface area contributed by atoms with E-state index in [9.17, 15) is 4.79 Å². The Hall–Kier alpha value is -1.26. The molecule has 0 spiro atoms. The number of hydrogen-bond donors (Lipinski definition) is 3. The van der Waals surface area contributed by atoms with E-state index in [4.69, 9.17) is 10.9 Å². The Morgan fingerprint density at radius 3 is 2.47 bits per heavy atom. The van der Waals surface area contributed by atoms with Crippen LogP contribution in [0.3, 0.4) is 0 Å². The van der Waals surface area contributed by atoms with Gasteiger partial charge in [0, 0.05) is 6.04 Å². The average Bonchev–Trinajstić information content (AvgIpc) is 2.91. The van der Waals surface area contributed by atoms with Gasteiger partial charge in [0.2, 0.25) is 5.91 Å². The summed E-state index contributed by atoms with van der Waals surface area (Å²) in [7, 11) is 0. The number of amides is 1. The van der Waals surface area contributed by atoms with Gasteiger partial charge in [-0.25, -0.2) is 0 Å². The number of rotatable bonds is 3. The van der Waals surface area contributed by atoms with Crippen LogP contribution in [0.1, 0.15) is 58.3 Å². The molecule has 0 aromatic rings. The zero-order chi connectivity index (χ0) is 13.9. The highest BCUT2D eigenvalue weighted by atomic mass is 16.4. The molecule has 2 rings (SSSR count). The minimum Gasteiger partial charge on any atom is -0.409 e. The van der Waals surface area contributed by atoms with Crippen LogP contribution in [0.15, 0.2) is 5.16 Å². The molecule has 5 nitrogen and oxygen atoms in total. The van der Waals surface area contributed by atoms with Crippen molar-refractivity contribution in [3.63, 3.8) is 0 Å². The van der Waals surface area contributed by atoms with Crippen LogP contribution < -0.4 is 11.1 Å². The monoisotopic (exact) mass is 267 g/mol. The Labute approximate surface area is 114 Å². The summed E-state index contributed by atoms with van der Waals surface area (Å²) in [4.78, 5) is 12.6. The van der Waals surface area contributed by atoms with Crippen LogP contribution in [0, 0.1) is 11.3 Å². The maximum Gasteiger partial charge on any atom is 0.234 e. The van der Waals surface area contributed by atoms with Crippen molar-refractivity contribution in [1.82, 2.24) is 5.32 Å². The average molecular weight is 267 g/mol. The third-order valence-corrected chi connectivity index (χ3v) is 4.92. The second-order valence-corrected chi connectivity index (χ2v) is 6.12. The predicted octanol–water partition coefficient (Wildman–Crippen LogP) is 1.99. The second-order valence-electron chi connectivity index (χ2n) is 6.12. The van der Waals surface area contributed by atoms with Gasteiger partial charge in [0.25, 0.3) is 0 Å². The lowest BCUT2D eigenvalue weighted by Gasteiger charge is -2.34. The first-order valence-corrected chi connectivity index (χ1v) is 7.39. The van der Waals surface area contributed by atoms with Gasteiger partial charge >= 0.3 is 0 Å². The number of carbonyl (C=O) groups excluding carboxylic acids is 1. The van der Waals surface area contributed by atoms with E-state index in [1.54, 1.807) is 0 Å². The van der Waals surface area contributed by atoms with Gasteiger partial charge < -0.3 is 16.3 Å². The van der Waals surface area contributed by atoms with Crippen LogP contribution in [-0.2, 0) is 4.79 Å². The first kappa shape index (κ1) is 14.2. The van der Waals surface area contributed by atoms with E-state index < -0.39 is 5.41 Å². The number of nitrogens with two attached hydrogens (primary N) is 1. The highest BCUT2D eigenvalue weighted by molar-refractivity contribution is 6.07. The third kappa shape index (κ3) is 2.69. The van der Waals surface area contributed by atoms with E-state index in [-0.39, 0.29) is 17.8 Å². The van der Waals surface area contributed by atoms with E-state index in [0.717, 1.165) is 19.3 Å². The fourth-order valence-electron chi connectivity index (χ4n) is 3.51. The van der Waals surface area contributed by atoms with Crippen molar-refractivity contribution in [3.8, 4) is 0 Å². The standard InChI is InChI=1S/C14H25N3O2/c1-10-6-2-3-7-11(10)16-13(18)14(12(15)17-19)8-4-5-9-14/h10-11,19H,2-9H2,1H3,(H2,15,17)(H,16,18). The van der Waals surface area contributed by atoms with Crippen molar-refractivity contribution in [3.05, 3.63) is 0 Å². The quantitative estimate of drug-likeness (QED) is 0.316. The van der Waals surface area contributed by atoms with Crippen LogP contribution in [-0.4, -0.2) is 23.0 Å². The van der Waals surface area contributed by atoms with Crippen LogP contribution in [0.25, 0.3) is 0 Å². The minimum atomic E-state index is -0.772. The van der Waals surface area contributed by atoms with Gasteiger partial charge in [-0.15, -0.1) is 0 Å². The van der Waals surface area contributed by atoms with Crippen molar-refractivity contribution >= 4 is 11.7 Å². The van der Waals surface area contributed by atoms with Gasteiger partial charge in [0.1, 0.15) is 5.41 Å². The van der Waals surface area contributed by atoms with Crippen molar-refractivity contribution in [2.24, 2.45) is 22.2 Å². The summed E-state index contributed by atoms with van der Waals surface area (Å²) in [6, 6.07) is 0.241. The van der Waals surface area contributed by atoms with Gasteiger partial charge in [-0.3, -0.25) is 4.79 Å². The fourth-order valence-corrected chi connectivity index (χ4v) is 3.51. The van der Waals surface area contributed by atoms with E-state index in [2.05, 4.69) is 17.4 Å². The summed E-state index contributed by atoms with van der Waals surface area (Å²) in [5.41, 5.74) is 5.02. The minimum absolute atomic E-state index is 0.0425. The summed E-state index contributed by atoms with van der Waals surface area (Å²) >= 11 is 0. The lowest BCUT2D eigenvalue weighted by atomic mass is 9.81. The third-order valence-electron chi connectivity index (χ3n) is 4.92. The van der Waals surface area contributed by atoms with Gasteiger partial charge in [0.05, 0.1) is 0 Å². The molecule has 5 heteroatoms. The largest absolute Gasteiger partial charge is 0.409 e. The highest BCUT2D eigenvalue weighted by Gasteiger charge is 2.46. The Morgan fingerprint density at radius 1 is 1.26 bits per heavy atom. The molecule has 0 bridgehead atoms. The molecule has 0 aromatic heterocycles. The Morgan fingerprint density at radius 2 is 1.89 bits per heavy atom. The number of amidine groups is 1. The molecule has 108 valence electrons. The molecule has 0 heterocycles. The smallest absolute Gasteiger partial charge is 0.234 e. The van der Waals surface area contributed by atoms with Gasteiger partial charge in [-0.1, -0.05) is 37.8 Å². The van der Waals surface area contributed by atoms with E-state index in [1.807, 2.05) is 0 Å². The highest BCUT2D eigenvalue weighted by Crippen LogP contribution is 2.39. The SMILES string of the molecule is CC1CCCCC1NC(=O)C1(C(N)=NO)CCCC1. The van der Waals surface area contributed by atoms with Crippen LogP contribution in [0.4, 0.5) is 0 Å². The molecule has 2 unspecified atom stereocenters. The lowest BCUT2D eigenvalue weighted by Crippen LogP contribution is -2.52. The molecule has 4 N–H and O–H groups in total. The van der Waals surface area contributed by atoms with Crippen molar-refractivity contribution in [2.45, 2.75) is 64.3 Å². The van der Waals surface area contributed by atoms with Crippen LogP contribution in [0.2, 0.25) is 0 Å². The topological polar surface area (TPSA) is 87.7 Å². The molecule has 0 radical (unpaired) electrons. The normalized spacial score (nSPS) is 31.1. The van der Waals surface area contributed by atoms with Gasteiger partial charge in [-0.05, 0) is 31.6 Å². The van der Waals surface area contributed by atoms with Gasteiger partial charge in [0.15, 0.2) is 5.84 Å². The molecule has 1 amide bonds. The summed E-state index contributed by atoms with van der Waals surface area (Å²) < 4.78 is 0. The molecular weight excluding hydrogens is 242 g/mol. The van der Waals surface area contributed by atoms with E-state index >= 15 is 0 Å². The van der Waals surface area contributed by atoms with Crippen molar-refractivity contribution in [1.29, 1.82) is 0 Å². The first-order valence-electron chi connectivity index (χ1n) is 7.39. The number of oxime groups is 1. The maximum absolute atomic E-state index is 12.6. The molecular formula is C14H25N3O2. The summed E-state index contributed by atoms with van der Waals surface area (Å²) in [6.45, 7) is 2.19. The molecule has 2 saturated carbocycles. The Kier molecular flexibility index (Phi) is 4.32. The molecule has 19 heavy (non-hydrogen) atoms. The fraction of sp³-hybridized carbons (Fsp3) is 0.857. The van der Waals surface area contributed by atoms with Crippen molar-refractivity contribution < 1.29 is 10.0 Å².